The van der Waals surface area contributed by atoms with Crippen LogP contribution >= 0.6 is 11.6 Å². The Bertz CT molecular complexity index is 2520. The zero-order valence-corrected chi connectivity index (χ0v) is 35.3. The molecule has 0 saturated heterocycles. The third-order valence-electron chi connectivity index (χ3n) is 11.7. The van der Waals surface area contributed by atoms with Gasteiger partial charge in [0.05, 0.1) is 5.69 Å². The molecule has 0 atom stereocenters. The van der Waals surface area contributed by atoms with E-state index in [0.29, 0.717) is 76.3 Å². The summed E-state index contributed by atoms with van der Waals surface area (Å²) in [5.74, 6) is 1.42. The van der Waals surface area contributed by atoms with Gasteiger partial charge in [-0.2, -0.15) is 0 Å². The number of pyridine rings is 4. The summed E-state index contributed by atoms with van der Waals surface area (Å²) >= 11 is 5.87. The van der Waals surface area contributed by atoms with E-state index in [2.05, 4.69) is 55.2 Å². The molecule has 4 fully saturated rings. The van der Waals surface area contributed by atoms with Gasteiger partial charge >= 0.3 is 7.69 Å². The summed E-state index contributed by atoms with van der Waals surface area (Å²) < 4.78 is 16.4. The molecule has 1 radical (unpaired) electrons. The maximum absolute atomic E-state index is 11.5. The lowest BCUT2D eigenvalue weighted by molar-refractivity contribution is -0.0763. The predicted octanol–water partition coefficient (Wildman–Crippen LogP) is 5.25. The molecule has 4 aliphatic rings. The van der Waals surface area contributed by atoms with Gasteiger partial charge in [0, 0.05) is 67.2 Å². The number of hydrogen-bond donors (Lipinski definition) is 5. The van der Waals surface area contributed by atoms with E-state index < -0.39 is 11.8 Å². The Morgan fingerprint density at radius 2 is 1.11 bits per heavy atom. The first-order valence-electron chi connectivity index (χ1n) is 20.7. The van der Waals surface area contributed by atoms with Gasteiger partial charge in [0.15, 0.2) is 0 Å². The molecule has 2 amide bonds. The highest BCUT2D eigenvalue weighted by Crippen LogP contribution is 2.58. The number of carbonyl (C=O) groups excluding carboxylic acids is 2. The monoisotopic (exact) mass is 883 g/mol. The van der Waals surface area contributed by atoms with Gasteiger partial charge in [0.2, 0.25) is 23.7 Å². The number of nitrogens with one attached hydrogen (secondary N) is 2. The van der Waals surface area contributed by atoms with Gasteiger partial charge in [-0.25, -0.2) is 29.9 Å². The fraction of sp³-hybridized carbons (Fsp3) is 0.318. The smallest absolute Gasteiger partial charge is 0.537 e. The third kappa shape index (κ3) is 10.8. The average molecular weight is 884 g/mol. The molecule has 0 aromatic carbocycles. The average Bonchev–Trinajstić information content (AvgIpc) is 3.25. The summed E-state index contributed by atoms with van der Waals surface area (Å²) in [6, 6.07) is 18.1. The van der Waals surface area contributed by atoms with Gasteiger partial charge in [-0.15, -0.1) is 0 Å². The molecule has 4 saturated carbocycles. The van der Waals surface area contributed by atoms with Gasteiger partial charge in [-0.1, -0.05) is 11.6 Å². The van der Waals surface area contributed by atoms with E-state index in [0.717, 1.165) is 62.6 Å². The number of nitrogens with two attached hydrogens (primary N) is 2. The van der Waals surface area contributed by atoms with E-state index in [4.69, 9.17) is 37.6 Å². The van der Waals surface area contributed by atoms with Crippen LogP contribution in [0.2, 0.25) is 5.15 Å². The van der Waals surface area contributed by atoms with Gasteiger partial charge < -0.3 is 41.3 Å². The summed E-state index contributed by atoms with van der Waals surface area (Å²) in [6.45, 7) is 0. The second-order valence-corrected chi connectivity index (χ2v) is 16.7. The first-order valence-corrected chi connectivity index (χ1v) is 21.0. The Hall–Kier alpha value is -6.99. The number of nitrogens with zero attached hydrogens (tertiary/aromatic N) is 8. The Kier molecular flexibility index (Phi) is 13.4. The molecule has 0 unspecified atom stereocenters. The van der Waals surface area contributed by atoms with Crippen LogP contribution in [0.3, 0.4) is 0 Å². The first kappa shape index (κ1) is 43.7. The highest BCUT2D eigenvalue weighted by molar-refractivity contribution is 6.29. The number of ether oxygens (including phenoxy) is 2. The molecular weight excluding hydrogens is 839 g/mol. The van der Waals surface area contributed by atoms with Crippen molar-refractivity contribution in [1.29, 1.82) is 0 Å². The second kappa shape index (κ2) is 19.6. The fourth-order valence-corrected chi connectivity index (χ4v) is 8.98. The van der Waals surface area contributed by atoms with Crippen LogP contribution in [0.1, 0.15) is 72.1 Å². The van der Waals surface area contributed by atoms with Gasteiger partial charge in [0.25, 0.3) is 11.8 Å². The molecule has 2 spiro atoms. The number of amides is 2. The SMILES string of the molecule is NC(=O)c1cccnc1OC1CC2(CC(Nc3nccc(-c4ccncc4)n3)C2)C1.NC(=O)c1cccnc1OC1CC2(CC(Nc3nccc(Cl)n3)C2)C1.O[B]Oc1ccncc1. The summed E-state index contributed by atoms with van der Waals surface area (Å²) in [4.78, 5) is 56.3. The summed E-state index contributed by atoms with van der Waals surface area (Å²) in [5, 5.41) is 15.3. The fourth-order valence-electron chi connectivity index (χ4n) is 8.84. The van der Waals surface area contributed by atoms with Crippen LogP contribution in [0.4, 0.5) is 11.9 Å². The van der Waals surface area contributed by atoms with Crippen molar-refractivity contribution in [3.63, 3.8) is 0 Å². The maximum Gasteiger partial charge on any atom is 0.569 e. The molecule has 10 rings (SSSR count). The zero-order chi connectivity index (χ0) is 44.5. The number of primary amides is 2. The summed E-state index contributed by atoms with van der Waals surface area (Å²) in [5.41, 5.74) is 13.9. The maximum atomic E-state index is 11.5. The third-order valence-corrected chi connectivity index (χ3v) is 12.0. The van der Waals surface area contributed by atoms with Crippen molar-refractivity contribution in [2.45, 2.75) is 75.7 Å². The van der Waals surface area contributed by atoms with Crippen molar-refractivity contribution in [2.75, 3.05) is 10.6 Å². The lowest BCUT2D eigenvalue weighted by Gasteiger charge is -2.57. The topological polar surface area (TPSA) is 261 Å². The van der Waals surface area contributed by atoms with Crippen LogP contribution in [-0.2, 0) is 0 Å². The standard InChI is InChI=1S/C22H22N6O2.C17H18ClN5O2.C5H5BNO2/c23-19(29)17-2-1-6-25-20(17)30-16-12-22(13-16)10-15(11-22)27-21-26-9-5-18(28-21)14-3-7-24-8-4-14;18-13-3-5-21-16(23-13)22-10-6-17(7-10)8-11(9-17)25-15-12(14(19)24)2-1-4-20-15;8-6-9-5-1-3-7-4-2-5/h1-9,15-16H,10-13H2,(H2,23,29)(H,26,27,28);1-5,10-11H,6-9H2,(H2,19,24)(H,21,22,23);1-4,8H. The van der Waals surface area contributed by atoms with E-state index in [1.165, 1.54) is 0 Å². The van der Waals surface area contributed by atoms with E-state index >= 15 is 0 Å². The minimum absolute atomic E-state index is 0.0743. The minimum Gasteiger partial charge on any atom is -0.537 e. The number of carbonyl (C=O) groups is 2. The van der Waals surface area contributed by atoms with E-state index in [1.54, 1.807) is 92.0 Å². The van der Waals surface area contributed by atoms with Crippen LogP contribution in [0.5, 0.6) is 17.5 Å². The van der Waals surface area contributed by atoms with Crippen molar-refractivity contribution < 1.29 is 28.7 Å². The molecule has 6 aromatic rings. The number of hydrogen-bond acceptors (Lipinski definition) is 16. The van der Waals surface area contributed by atoms with Crippen LogP contribution < -0.4 is 36.2 Å². The number of halogens is 1. The molecular formula is C44H45BClN12O6. The molecule has 20 heteroatoms. The van der Waals surface area contributed by atoms with Gasteiger partial charge in [-0.05, 0) is 123 Å². The largest absolute Gasteiger partial charge is 0.569 e. The number of aromatic nitrogens is 8. The van der Waals surface area contributed by atoms with Crippen molar-refractivity contribution in [2.24, 2.45) is 22.3 Å². The molecule has 64 heavy (non-hydrogen) atoms. The Balaban J connectivity index is 0.000000148. The Morgan fingerprint density at radius 1 is 0.625 bits per heavy atom. The Labute approximate surface area is 374 Å². The van der Waals surface area contributed by atoms with E-state index in [9.17, 15) is 9.59 Å². The summed E-state index contributed by atoms with van der Waals surface area (Å²) in [6.07, 6.45) is 21.5. The van der Waals surface area contributed by atoms with Crippen LogP contribution in [-0.4, -0.2) is 88.7 Å². The van der Waals surface area contributed by atoms with Crippen molar-refractivity contribution in [3.8, 4) is 28.8 Å². The molecule has 7 N–H and O–H groups in total. The van der Waals surface area contributed by atoms with Crippen LogP contribution in [0.25, 0.3) is 11.3 Å². The van der Waals surface area contributed by atoms with Gasteiger partial charge in [-0.3, -0.25) is 19.6 Å². The molecule has 0 aliphatic heterocycles. The summed E-state index contributed by atoms with van der Waals surface area (Å²) in [7, 11) is 0.634. The normalized spacial score (nSPS) is 23.3. The van der Waals surface area contributed by atoms with Crippen LogP contribution in [0, 0.1) is 10.8 Å². The molecule has 0 bridgehead atoms. The lowest BCUT2D eigenvalue weighted by Crippen LogP contribution is -2.56. The molecule has 4 aliphatic carbocycles. The van der Waals surface area contributed by atoms with Crippen molar-refractivity contribution >= 4 is 43.0 Å². The molecule has 18 nitrogen and oxygen atoms in total. The molecule has 6 aromatic heterocycles. The Morgan fingerprint density at radius 3 is 1.59 bits per heavy atom. The highest BCUT2D eigenvalue weighted by Gasteiger charge is 2.55. The minimum atomic E-state index is -0.522. The van der Waals surface area contributed by atoms with Crippen molar-refractivity contribution in [3.05, 3.63) is 127 Å². The van der Waals surface area contributed by atoms with Gasteiger partial charge in [0.1, 0.15) is 34.2 Å². The predicted molar refractivity (Wildman–Crippen MR) is 236 cm³/mol. The van der Waals surface area contributed by atoms with E-state index in [-0.39, 0.29) is 12.2 Å². The van der Waals surface area contributed by atoms with Crippen molar-refractivity contribution in [1.82, 2.24) is 39.9 Å². The highest BCUT2D eigenvalue weighted by atomic mass is 35.5. The van der Waals surface area contributed by atoms with Crippen LogP contribution in [0.15, 0.2) is 110 Å². The quantitative estimate of drug-likeness (QED) is 0.0733. The number of anilines is 2. The molecule has 6 heterocycles. The lowest BCUT2D eigenvalue weighted by atomic mass is 9.53. The second-order valence-electron chi connectivity index (χ2n) is 16.3. The van der Waals surface area contributed by atoms with E-state index in [1.807, 2.05) is 18.2 Å². The first-order chi connectivity index (χ1) is 31.1. The zero-order valence-electron chi connectivity index (χ0n) is 34.5. The number of rotatable bonds is 13. The molecule has 327 valence electrons.